The molecule has 0 bridgehead atoms. The van der Waals surface area contributed by atoms with E-state index in [4.69, 9.17) is 10.2 Å². The zero-order chi connectivity index (χ0) is 13.4. The van der Waals surface area contributed by atoms with Crippen LogP contribution >= 0.6 is 15.9 Å². The topological polar surface area (TPSA) is 56.2 Å². The quantitative estimate of drug-likeness (QED) is 0.719. The molecule has 2 N–H and O–H groups in total. The summed E-state index contributed by atoms with van der Waals surface area (Å²) in [4.78, 5) is 11.1. The van der Waals surface area contributed by atoms with Crippen molar-refractivity contribution in [2.75, 3.05) is 5.73 Å². The Morgan fingerprint density at radius 2 is 1.95 bits per heavy atom. The van der Waals surface area contributed by atoms with Gasteiger partial charge in [-0.2, -0.15) is 0 Å². The molecule has 2 aromatic carbocycles. The Morgan fingerprint density at radius 3 is 2.74 bits per heavy atom. The van der Waals surface area contributed by atoms with Crippen LogP contribution in [-0.2, 0) is 0 Å². The minimum Gasteiger partial charge on any atom is -0.454 e. The van der Waals surface area contributed by atoms with Gasteiger partial charge in [0, 0.05) is 21.0 Å². The molecule has 0 aliphatic carbocycles. The molecule has 4 heteroatoms. The van der Waals surface area contributed by atoms with Crippen molar-refractivity contribution in [3.8, 4) is 11.3 Å². The predicted molar refractivity (Wildman–Crippen MR) is 79.1 cm³/mol. The molecule has 3 aromatic rings. The predicted octanol–water partition coefficient (Wildman–Crippen LogP) is 4.26. The molecular formula is C15H10BrNO2. The molecule has 3 nitrogen and oxygen atoms in total. The number of anilines is 1. The number of halogens is 1. The fourth-order valence-corrected chi connectivity index (χ4v) is 2.44. The molecule has 0 aliphatic heterocycles. The van der Waals surface area contributed by atoms with E-state index in [1.54, 1.807) is 6.07 Å². The summed E-state index contributed by atoms with van der Waals surface area (Å²) in [6, 6.07) is 12.9. The van der Waals surface area contributed by atoms with E-state index >= 15 is 0 Å². The second-order valence-corrected chi connectivity index (χ2v) is 5.11. The molecule has 0 atom stereocenters. The van der Waals surface area contributed by atoms with Crippen LogP contribution in [0.1, 0.15) is 10.4 Å². The second-order valence-electron chi connectivity index (χ2n) is 4.19. The molecule has 19 heavy (non-hydrogen) atoms. The minimum absolute atomic E-state index is 0.538. The molecule has 0 saturated heterocycles. The molecule has 0 aliphatic rings. The van der Waals surface area contributed by atoms with Crippen molar-refractivity contribution in [2.45, 2.75) is 0 Å². The van der Waals surface area contributed by atoms with Gasteiger partial charge in [-0.05, 0) is 18.2 Å². The fourth-order valence-electron chi connectivity index (χ4n) is 2.10. The number of furan rings is 1. The number of benzene rings is 2. The standard InChI is InChI=1S/C15H10BrNO2/c16-10-5-6-12-13(7-10)19-15(14(12)17)11-4-2-1-3-9(11)8-18/h1-8H,17H2. The van der Waals surface area contributed by atoms with E-state index in [0.29, 0.717) is 28.2 Å². The summed E-state index contributed by atoms with van der Waals surface area (Å²) in [5, 5.41) is 0.846. The van der Waals surface area contributed by atoms with E-state index in [1.807, 2.05) is 36.4 Å². The third kappa shape index (κ3) is 1.94. The number of nitrogens with two attached hydrogens (primary N) is 1. The summed E-state index contributed by atoms with van der Waals surface area (Å²) in [6.45, 7) is 0. The highest BCUT2D eigenvalue weighted by molar-refractivity contribution is 9.10. The maximum atomic E-state index is 11.1. The molecule has 0 spiro atoms. The van der Waals surface area contributed by atoms with Crippen molar-refractivity contribution < 1.29 is 9.21 Å². The normalized spacial score (nSPS) is 10.8. The van der Waals surface area contributed by atoms with Crippen molar-refractivity contribution in [1.82, 2.24) is 0 Å². The van der Waals surface area contributed by atoms with Crippen molar-refractivity contribution in [1.29, 1.82) is 0 Å². The van der Waals surface area contributed by atoms with Gasteiger partial charge >= 0.3 is 0 Å². The number of aldehydes is 1. The van der Waals surface area contributed by atoms with Gasteiger partial charge in [-0.3, -0.25) is 4.79 Å². The van der Waals surface area contributed by atoms with Gasteiger partial charge < -0.3 is 10.2 Å². The van der Waals surface area contributed by atoms with E-state index in [9.17, 15) is 4.79 Å². The number of rotatable bonds is 2. The number of hydrogen-bond acceptors (Lipinski definition) is 3. The maximum Gasteiger partial charge on any atom is 0.159 e. The summed E-state index contributed by atoms with van der Waals surface area (Å²) < 4.78 is 6.71. The third-order valence-corrected chi connectivity index (χ3v) is 3.52. The highest BCUT2D eigenvalue weighted by atomic mass is 79.9. The third-order valence-electron chi connectivity index (χ3n) is 3.02. The molecule has 0 radical (unpaired) electrons. The summed E-state index contributed by atoms with van der Waals surface area (Å²) in [5.74, 6) is 0.538. The lowest BCUT2D eigenvalue weighted by molar-refractivity contribution is 0.112. The Labute approximate surface area is 118 Å². The smallest absolute Gasteiger partial charge is 0.159 e. The average molecular weight is 316 g/mol. The first-order valence-corrected chi connectivity index (χ1v) is 6.52. The number of carbonyl (C=O) groups is 1. The number of nitrogen functional groups attached to an aromatic ring is 1. The van der Waals surface area contributed by atoms with Crippen LogP contribution in [0.5, 0.6) is 0 Å². The van der Waals surface area contributed by atoms with Gasteiger partial charge in [0.15, 0.2) is 12.0 Å². The molecule has 3 rings (SSSR count). The van der Waals surface area contributed by atoms with Crippen LogP contribution in [-0.4, -0.2) is 6.29 Å². The summed E-state index contributed by atoms with van der Waals surface area (Å²) >= 11 is 3.39. The highest BCUT2D eigenvalue weighted by Crippen LogP contribution is 2.37. The molecule has 0 unspecified atom stereocenters. The zero-order valence-corrected chi connectivity index (χ0v) is 11.5. The molecule has 0 fully saturated rings. The lowest BCUT2D eigenvalue weighted by Gasteiger charge is -2.01. The molecule has 0 saturated carbocycles. The fraction of sp³-hybridized carbons (Fsp3) is 0. The molecular weight excluding hydrogens is 306 g/mol. The van der Waals surface area contributed by atoms with Gasteiger partial charge in [0.25, 0.3) is 0 Å². The van der Waals surface area contributed by atoms with E-state index in [1.165, 1.54) is 0 Å². The summed E-state index contributed by atoms with van der Waals surface area (Å²) in [7, 11) is 0. The van der Waals surface area contributed by atoms with E-state index in [2.05, 4.69) is 15.9 Å². The largest absolute Gasteiger partial charge is 0.454 e. The number of fused-ring (bicyclic) bond motifs is 1. The van der Waals surface area contributed by atoms with Crippen molar-refractivity contribution in [3.05, 3.63) is 52.5 Å². The maximum absolute atomic E-state index is 11.1. The van der Waals surface area contributed by atoms with Crippen LogP contribution in [0.2, 0.25) is 0 Å². The first kappa shape index (κ1) is 12.0. The van der Waals surface area contributed by atoms with Gasteiger partial charge in [0.2, 0.25) is 0 Å². The van der Waals surface area contributed by atoms with Gasteiger partial charge in [0.1, 0.15) is 5.58 Å². The van der Waals surface area contributed by atoms with Crippen LogP contribution in [0.15, 0.2) is 51.4 Å². The van der Waals surface area contributed by atoms with Crippen LogP contribution in [0.3, 0.4) is 0 Å². The minimum atomic E-state index is 0.538. The van der Waals surface area contributed by atoms with E-state index in [-0.39, 0.29) is 0 Å². The van der Waals surface area contributed by atoms with Crippen LogP contribution in [0, 0.1) is 0 Å². The monoisotopic (exact) mass is 315 g/mol. The summed E-state index contributed by atoms with van der Waals surface area (Å²) in [6.07, 6.45) is 0.803. The van der Waals surface area contributed by atoms with Gasteiger partial charge in [-0.25, -0.2) is 0 Å². The average Bonchev–Trinajstić information content (AvgIpc) is 2.75. The molecule has 1 heterocycles. The van der Waals surface area contributed by atoms with E-state index < -0.39 is 0 Å². The Bertz CT molecular complexity index is 777. The highest BCUT2D eigenvalue weighted by Gasteiger charge is 2.15. The van der Waals surface area contributed by atoms with Crippen molar-refractivity contribution >= 4 is 38.9 Å². The van der Waals surface area contributed by atoms with Crippen LogP contribution in [0.25, 0.3) is 22.3 Å². The number of hydrogen-bond donors (Lipinski definition) is 1. The molecule has 1 aromatic heterocycles. The lowest BCUT2D eigenvalue weighted by atomic mass is 10.0. The first-order chi connectivity index (χ1) is 9.20. The van der Waals surface area contributed by atoms with Gasteiger partial charge in [-0.15, -0.1) is 0 Å². The van der Waals surface area contributed by atoms with Gasteiger partial charge in [-0.1, -0.05) is 40.2 Å². The van der Waals surface area contributed by atoms with Crippen LogP contribution in [0.4, 0.5) is 5.69 Å². The molecule has 94 valence electrons. The van der Waals surface area contributed by atoms with Crippen molar-refractivity contribution in [3.63, 3.8) is 0 Å². The Kier molecular flexibility index (Phi) is 2.87. The van der Waals surface area contributed by atoms with E-state index in [0.717, 1.165) is 16.1 Å². The van der Waals surface area contributed by atoms with Crippen LogP contribution < -0.4 is 5.73 Å². The SMILES string of the molecule is Nc1c(-c2ccccc2C=O)oc2cc(Br)ccc12. The summed E-state index contributed by atoms with van der Waals surface area (Å²) in [5.41, 5.74) is 8.64. The molecule has 0 amide bonds. The Morgan fingerprint density at radius 1 is 1.16 bits per heavy atom. The second kappa shape index (κ2) is 4.55. The van der Waals surface area contributed by atoms with Gasteiger partial charge in [0.05, 0.1) is 5.69 Å². The first-order valence-electron chi connectivity index (χ1n) is 5.73. The van der Waals surface area contributed by atoms with Crippen molar-refractivity contribution in [2.24, 2.45) is 0 Å². The number of carbonyl (C=O) groups excluding carboxylic acids is 1. The zero-order valence-electron chi connectivity index (χ0n) is 9.89. The lowest BCUT2D eigenvalue weighted by Crippen LogP contribution is -1.90. The Balaban J connectivity index is 2.31. The Hall–Kier alpha value is -2.07.